The Morgan fingerprint density at radius 2 is 1.77 bits per heavy atom. The van der Waals surface area contributed by atoms with Gasteiger partial charge in [-0.15, -0.1) is 0 Å². The molecule has 3 atom stereocenters. The van der Waals surface area contributed by atoms with Gasteiger partial charge in [0.2, 0.25) is 0 Å². The highest BCUT2D eigenvalue weighted by molar-refractivity contribution is 14.1. The molecule has 0 spiro atoms. The second-order valence-corrected chi connectivity index (χ2v) is 18.1. The van der Waals surface area contributed by atoms with E-state index in [0.717, 1.165) is 24.8 Å². The number of pyridine rings is 1. The third kappa shape index (κ3) is 7.29. The van der Waals surface area contributed by atoms with E-state index in [1.165, 1.54) is 9.13 Å². The number of rotatable bonds is 6. The summed E-state index contributed by atoms with van der Waals surface area (Å²) in [5.41, 5.74) is 1.68. The SMILES string of the molecule is CC(C)(C)OC(=O)N1[C@H](Cc2ccc(I)cc2)CC[C@@H]1[C@H](O[Si](C)(C)C(C)(C)C)c1cccnc1. The van der Waals surface area contributed by atoms with E-state index in [4.69, 9.17) is 9.16 Å². The van der Waals surface area contributed by atoms with Gasteiger partial charge in [-0.05, 0) is 110 Å². The van der Waals surface area contributed by atoms with Gasteiger partial charge in [0, 0.05) is 22.0 Å². The van der Waals surface area contributed by atoms with E-state index < -0.39 is 13.9 Å². The van der Waals surface area contributed by atoms with Crippen LogP contribution in [0.5, 0.6) is 0 Å². The van der Waals surface area contributed by atoms with E-state index in [1.807, 2.05) is 37.9 Å². The van der Waals surface area contributed by atoms with Gasteiger partial charge in [0.1, 0.15) is 5.60 Å². The molecule has 192 valence electrons. The highest BCUT2D eigenvalue weighted by Crippen LogP contribution is 2.44. The lowest BCUT2D eigenvalue weighted by molar-refractivity contribution is -0.00243. The predicted molar refractivity (Wildman–Crippen MR) is 153 cm³/mol. The Labute approximate surface area is 226 Å². The van der Waals surface area contributed by atoms with Crippen molar-refractivity contribution < 1.29 is 14.0 Å². The molecule has 1 amide bonds. The zero-order chi connectivity index (χ0) is 26.0. The van der Waals surface area contributed by atoms with Gasteiger partial charge in [-0.3, -0.25) is 9.88 Å². The summed E-state index contributed by atoms with van der Waals surface area (Å²) in [5.74, 6) is 0. The molecule has 0 radical (unpaired) electrons. The second-order valence-electron chi connectivity index (χ2n) is 12.1. The van der Waals surface area contributed by atoms with E-state index in [2.05, 4.69) is 91.8 Å². The van der Waals surface area contributed by atoms with E-state index in [-0.39, 0.29) is 29.3 Å². The number of aromatic nitrogens is 1. The third-order valence-electron chi connectivity index (χ3n) is 7.13. The van der Waals surface area contributed by atoms with E-state index in [1.54, 1.807) is 6.20 Å². The van der Waals surface area contributed by atoms with Crippen LogP contribution < -0.4 is 0 Å². The second kappa shape index (κ2) is 10.9. The van der Waals surface area contributed by atoms with Crippen molar-refractivity contribution in [1.29, 1.82) is 0 Å². The Hall–Kier alpha value is -1.45. The molecule has 35 heavy (non-hydrogen) atoms. The van der Waals surface area contributed by atoms with Gasteiger partial charge in [0.15, 0.2) is 8.32 Å². The molecule has 1 aliphatic heterocycles. The maximum absolute atomic E-state index is 13.7. The Morgan fingerprint density at radius 3 is 2.31 bits per heavy atom. The first kappa shape index (κ1) is 28.1. The van der Waals surface area contributed by atoms with Gasteiger partial charge in [-0.25, -0.2) is 4.79 Å². The zero-order valence-corrected chi connectivity index (χ0v) is 25.6. The van der Waals surface area contributed by atoms with Crippen LogP contribution in [-0.4, -0.2) is 42.0 Å². The molecule has 3 rings (SSSR count). The molecule has 1 aliphatic rings. The predicted octanol–water partition coefficient (Wildman–Crippen LogP) is 7.76. The van der Waals surface area contributed by atoms with Gasteiger partial charge >= 0.3 is 6.09 Å². The standard InChI is InChI=1S/C28H41IN2O3Si/c1-27(2,3)33-26(32)31-23(18-20-11-13-22(29)14-12-20)15-16-24(31)25(21-10-9-17-30-19-21)34-35(7,8)28(4,5)6/h9-14,17,19,23-25H,15-16,18H2,1-8H3/t23-,24+,25+/m0/s1. The average molecular weight is 609 g/mol. The number of nitrogens with zero attached hydrogens (tertiary/aromatic N) is 2. The molecule has 0 unspecified atom stereocenters. The summed E-state index contributed by atoms with van der Waals surface area (Å²) in [4.78, 5) is 20.0. The Bertz CT molecular complexity index is 984. The number of halogens is 1. The molecule has 1 aromatic heterocycles. The fraction of sp³-hybridized carbons (Fsp3) is 0.571. The van der Waals surface area contributed by atoms with Crippen LogP contribution in [0.4, 0.5) is 4.79 Å². The molecule has 7 heteroatoms. The third-order valence-corrected chi connectivity index (χ3v) is 12.3. The first-order chi connectivity index (χ1) is 16.2. The lowest BCUT2D eigenvalue weighted by Gasteiger charge is -2.43. The summed E-state index contributed by atoms with van der Waals surface area (Å²) in [7, 11) is -2.14. The number of benzene rings is 1. The highest BCUT2D eigenvalue weighted by atomic mass is 127. The van der Waals surface area contributed by atoms with Crippen LogP contribution >= 0.6 is 22.6 Å². The summed E-state index contributed by atoms with van der Waals surface area (Å²) < 4.78 is 14.2. The molecule has 2 aromatic rings. The molecule has 0 N–H and O–H groups in total. The van der Waals surface area contributed by atoms with Crippen LogP contribution in [0.2, 0.25) is 18.1 Å². The molecular weight excluding hydrogens is 567 g/mol. The monoisotopic (exact) mass is 608 g/mol. The topological polar surface area (TPSA) is 51.7 Å². The number of carbonyl (C=O) groups excluding carboxylic acids is 1. The number of amides is 1. The van der Waals surface area contributed by atoms with Crippen molar-refractivity contribution in [3.05, 3.63) is 63.5 Å². The van der Waals surface area contributed by atoms with Gasteiger partial charge < -0.3 is 9.16 Å². The molecule has 0 bridgehead atoms. The molecule has 1 aromatic carbocycles. The van der Waals surface area contributed by atoms with Crippen LogP contribution in [0, 0.1) is 3.57 Å². The minimum atomic E-state index is -2.14. The minimum absolute atomic E-state index is 0.0450. The van der Waals surface area contributed by atoms with E-state index in [9.17, 15) is 4.79 Å². The van der Waals surface area contributed by atoms with Crippen molar-refractivity contribution in [2.24, 2.45) is 0 Å². The Balaban J connectivity index is 2.00. The van der Waals surface area contributed by atoms with Crippen molar-refractivity contribution in [1.82, 2.24) is 9.88 Å². The maximum Gasteiger partial charge on any atom is 0.410 e. The molecule has 0 aliphatic carbocycles. The number of likely N-dealkylation sites (tertiary alicyclic amines) is 1. The van der Waals surface area contributed by atoms with Crippen LogP contribution in [0.3, 0.4) is 0 Å². The lowest BCUT2D eigenvalue weighted by atomic mass is 10.0. The maximum atomic E-state index is 13.7. The van der Waals surface area contributed by atoms with Crippen molar-refractivity contribution in [2.75, 3.05) is 0 Å². The van der Waals surface area contributed by atoms with Gasteiger partial charge in [-0.2, -0.15) is 0 Å². The van der Waals surface area contributed by atoms with Crippen molar-refractivity contribution in [2.45, 2.75) is 103 Å². The average Bonchev–Trinajstić information content (AvgIpc) is 3.15. The Morgan fingerprint density at radius 1 is 1.11 bits per heavy atom. The van der Waals surface area contributed by atoms with Gasteiger partial charge in [0.05, 0.1) is 12.1 Å². The number of hydrogen-bond acceptors (Lipinski definition) is 4. The van der Waals surface area contributed by atoms with Crippen molar-refractivity contribution in [3.63, 3.8) is 0 Å². The van der Waals surface area contributed by atoms with Gasteiger partial charge in [0.25, 0.3) is 0 Å². The van der Waals surface area contributed by atoms with Crippen LogP contribution in [0.15, 0.2) is 48.8 Å². The first-order valence-electron chi connectivity index (χ1n) is 12.5. The lowest BCUT2D eigenvalue weighted by Crippen LogP contribution is -2.50. The largest absolute Gasteiger partial charge is 0.444 e. The summed E-state index contributed by atoms with van der Waals surface area (Å²) in [5, 5.41) is 0.0450. The van der Waals surface area contributed by atoms with Crippen molar-refractivity contribution in [3.8, 4) is 0 Å². The highest BCUT2D eigenvalue weighted by Gasteiger charge is 2.47. The van der Waals surface area contributed by atoms with Crippen LogP contribution in [-0.2, 0) is 15.6 Å². The first-order valence-corrected chi connectivity index (χ1v) is 16.5. The summed E-state index contributed by atoms with van der Waals surface area (Å²) >= 11 is 2.32. The summed E-state index contributed by atoms with van der Waals surface area (Å²) in [6, 6.07) is 12.5. The van der Waals surface area contributed by atoms with Crippen LogP contribution in [0.25, 0.3) is 0 Å². The molecule has 1 saturated heterocycles. The summed E-state index contributed by atoms with van der Waals surface area (Å²) in [6.07, 6.45) is 5.73. The molecule has 1 fully saturated rings. The minimum Gasteiger partial charge on any atom is -0.444 e. The number of ether oxygens (including phenoxy) is 1. The fourth-order valence-corrected chi connectivity index (χ4v) is 5.95. The number of carbonyl (C=O) groups is 1. The van der Waals surface area contributed by atoms with E-state index >= 15 is 0 Å². The van der Waals surface area contributed by atoms with Gasteiger partial charge in [-0.1, -0.05) is 39.0 Å². The molecule has 2 heterocycles. The summed E-state index contributed by atoms with van der Waals surface area (Å²) in [6.45, 7) is 17.1. The van der Waals surface area contributed by atoms with E-state index in [0.29, 0.717) is 0 Å². The van der Waals surface area contributed by atoms with Crippen molar-refractivity contribution >= 4 is 37.0 Å². The number of hydrogen-bond donors (Lipinski definition) is 0. The molecular formula is C28H41IN2O3Si. The molecule has 5 nitrogen and oxygen atoms in total. The normalized spacial score (nSPS) is 20.1. The smallest absolute Gasteiger partial charge is 0.410 e. The quantitative estimate of drug-likeness (QED) is 0.249. The van der Waals surface area contributed by atoms with Crippen LogP contribution in [0.1, 0.15) is 71.6 Å². The zero-order valence-electron chi connectivity index (χ0n) is 22.5. The molecule has 0 saturated carbocycles. The fourth-order valence-electron chi connectivity index (χ4n) is 4.31. The Kier molecular flexibility index (Phi) is 8.75.